The van der Waals surface area contributed by atoms with Crippen LogP contribution < -0.4 is 10.6 Å². The molecule has 0 saturated heterocycles. The van der Waals surface area contributed by atoms with Gasteiger partial charge in [-0.05, 0) is 110 Å². The first-order valence-electron chi connectivity index (χ1n) is 14.8. The van der Waals surface area contributed by atoms with E-state index in [0.29, 0.717) is 29.3 Å². The van der Waals surface area contributed by atoms with Crippen molar-refractivity contribution in [1.29, 1.82) is 0 Å². The van der Waals surface area contributed by atoms with E-state index in [1.807, 2.05) is 0 Å². The zero-order valence-electron chi connectivity index (χ0n) is 22.8. The molecule has 4 aliphatic rings. The molecule has 2 N–H and O–H groups in total. The molecule has 4 rings (SSSR count). The van der Waals surface area contributed by atoms with E-state index in [4.69, 9.17) is 11.6 Å². The second-order valence-corrected chi connectivity index (χ2v) is 14.1. The van der Waals surface area contributed by atoms with E-state index in [1.165, 1.54) is 70.6 Å². The van der Waals surface area contributed by atoms with Crippen molar-refractivity contribution in [3.05, 3.63) is 0 Å². The molecule has 0 radical (unpaired) electrons. The fraction of sp³-hybridized carbons (Fsp3) is 0.967. The number of alkyl halides is 1. The van der Waals surface area contributed by atoms with Gasteiger partial charge in [-0.3, -0.25) is 0 Å². The van der Waals surface area contributed by atoms with Crippen molar-refractivity contribution >= 4 is 17.6 Å². The van der Waals surface area contributed by atoms with Crippen LogP contribution in [-0.4, -0.2) is 24.5 Å². The van der Waals surface area contributed by atoms with Crippen LogP contribution in [0.4, 0.5) is 4.79 Å². The second kappa shape index (κ2) is 10.9. The molecule has 0 bridgehead atoms. The van der Waals surface area contributed by atoms with E-state index in [0.717, 1.165) is 47.8 Å². The molecule has 9 atom stereocenters. The van der Waals surface area contributed by atoms with Gasteiger partial charge in [-0.25, -0.2) is 4.79 Å². The van der Waals surface area contributed by atoms with Crippen LogP contribution in [0.3, 0.4) is 0 Å². The number of urea groups is 1. The van der Waals surface area contributed by atoms with E-state index in [-0.39, 0.29) is 6.03 Å². The molecule has 0 aromatic carbocycles. The lowest BCUT2D eigenvalue weighted by Gasteiger charge is -2.61. The predicted molar refractivity (Wildman–Crippen MR) is 144 cm³/mol. The largest absolute Gasteiger partial charge is 0.337 e. The maximum atomic E-state index is 12.2. The maximum Gasteiger partial charge on any atom is 0.315 e. The van der Waals surface area contributed by atoms with Gasteiger partial charge < -0.3 is 10.6 Å². The lowest BCUT2D eigenvalue weighted by Crippen LogP contribution is -2.56. The summed E-state index contributed by atoms with van der Waals surface area (Å²) in [5.41, 5.74) is 1.07. The summed E-state index contributed by atoms with van der Waals surface area (Å²) in [5.74, 6) is 6.74. The van der Waals surface area contributed by atoms with Crippen LogP contribution in [0.15, 0.2) is 0 Å². The summed E-state index contributed by atoms with van der Waals surface area (Å²) >= 11 is 5.73. The first-order valence-corrected chi connectivity index (χ1v) is 15.3. The monoisotopic (exact) mass is 492 g/mol. The number of hydrogen-bond donors (Lipinski definition) is 2. The highest BCUT2D eigenvalue weighted by atomic mass is 35.5. The van der Waals surface area contributed by atoms with Crippen LogP contribution in [0.2, 0.25) is 0 Å². The molecule has 2 amide bonds. The third-order valence-corrected chi connectivity index (χ3v) is 11.8. The van der Waals surface area contributed by atoms with Crippen LogP contribution in [0, 0.1) is 52.3 Å². The van der Waals surface area contributed by atoms with Crippen LogP contribution in [0.5, 0.6) is 0 Å². The third-order valence-electron chi connectivity index (χ3n) is 11.6. The molecular weight excluding hydrogens is 440 g/mol. The number of halogens is 1. The highest BCUT2D eigenvalue weighted by Crippen LogP contribution is 2.68. The van der Waals surface area contributed by atoms with Gasteiger partial charge in [0, 0.05) is 18.5 Å². The Kier molecular flexibility index (Phi) is 8.53. The minimum Gasteiger partial charge on any atom is -0.337 e. The first-order chi connectivity index (χ1) is 16.2. The summed E-state index contributed by atoms with van der Waals surface area (Å²) in [5, 5.41) is 6.14. The molecule has 0 spiro atoms. The van der Waals surface area contributed by atoms with Crippen LogP contribution >= 0.6 is 11.6 Å². The topological polar surface area (TPSA) is 41.1 Å². The summed E-state index contributed by atoms with van der Waals surface area (Å²) in [6, 6.07) is 0.303. The van der Waals surface area contributed by atoms with E-state index in [2.05, 4.69) is 45.3 Å². The van der Waals surface area contributed by atoms with Crippen molar-refractivity contribution in [2.75, 3.05) is 12.4 Å². The van der Waals surface area contributed by atoms with Gasteiger partial charge in [-0.1, -0.05) is 53.9 Å². The van der Waals surface area contributed by atoms with Gasteiger partial charge in [0.05, 0.1) is 0 Å². The van der Waals surface area contributed by atoms with Gasteiger partial charge >= 0.3 is 6.03 Å². The fourth-order valence-electron chi connectivity index (χ4n) is 9.81. The van der Waals surface area contributed by atoms with Gasteiger partial charge in [-0.2, -0.15) is 0 Å². The Morgan fingerprint density at radius 1 is 0.941 bits per heavy atom. The molecule has 0 aromatic heterocycles. The minimum absolute atomic E-state index is 0.0316. The standard InChI is InChI=1S/C30H53ClN2O/c1-20(2)7-6-8-21(3)25-11-12-26-24-10-9-22-19-23(33-28(34)32-18-17-31)13-15-29(22,4)27(24)14-16-30(25,26)5/h20-27H,6-19H2,1-5H3,(H2,32,33,34)/t21-,22+,23-,24+,25?,26+,27+,29+,30-/m1/s1. The zero-order valence-corrected chi connectivity index (χ0v) is 23.6. The Balaban J connectivity index is 1.38. The van der Waals surface area contributed by atoms with E-state index >= 15 is 0 Å². The number of amides is 2. The molecule has 34 heavy (non-hydrogen) atoms. The number of hydrogen-bond acceptors (Lipinski definition) is 1. The molecule has 0 aliphatic heterocycles. The average molecular weight is 493 g/mol. The van der Waals surface area contributed by atoms with Gasteiger partial charge in [-0.15, -0.1) is 11.6 Å². The quantitative estimate of drug-likeness (QED) is 0.331. The number of fused-ring (bicyclic) bond motifs is 5. The summed E-state index contributed by atoms with van der Waals surface area (Å²) in [4.78, 5) is 12.2. The maximum absolute atomic E-state index is 12.2. The van der Waals surface area contributed by atoms with Gasteiger partial charge in [0.1, 0.15) is 0 Å². The van der Waals surface area contributed by atoms with Crippen LogP contribution in [0.1, 0.15) is 112 Å². The minimum atomic E-state index is -0.0316. The first kappa shape index (κ1) is 26.6. The van der Waals surface area contributed by atoms with Crippen molar-refractivity contribution in [1.82, 2.24) is 10.6 Å². The Morgan fingerprint density at radius 2 is 1.68 bits per heavy atom. The van der Waals surface area contributed by atoms with E-state index in [9.17, 15) is 4.79 Å². The van der Waals surface area contributed by atoms with E-state index in [1.54, 1.807) is 0 Å². The number of rotatable bonds is 8. The predicted octanol–water partition coefficient (Wildman–Crippen LogP) is 8.01. The highest BCUT2D eigenvalue weighted by molar-refractivity contribution is 6.18. The lowest BCUT2D eigenvalue weighted by atomic mass is 9.44. The molecular formula is C30H53ClN2O. The van der Waals surface area contributed by atoms with Gasteiger partial charge in [0.25, 0.3) is 0 Å². The Morgan fingerprint density at radius 3 is 2.41 bits per heavy atom. The SMILES string of the molecule is CC(C)CCC[C@@H](C)C1CC[C@H]2[C@@H]3CC[C@H]4C[C@H](NC(=O)NCCCl)CC[C@]4(C)[C@H]3CC[C@]12C. The third kappa shape index (κ3) is 5.16. The summed E-state index contributed by atoms with van der Waals surface area (Å²) < 4.78 is 0. The lowest BCUT2D eigenvalue weighted by molar-refractivity contribution is -0.117. The molecule has 1 unspecified atom stereocenters. The fourth-order valence-corrected chi connectivity index (χ4v) is 9.91. The molecule has 4 saturated carbocycles. The summed E-state index contributed by atoms with van der Waals surface area (Å²) in [7, 11) is 0. The molecule has 0 aromatic rings. The molecule has 4 fully saturated rings. The molecule has 196 valence electrons. The Bertz CT molecular complexity index is 697. The van der Waals surface area contributed by atoms with Gasteiger partial charge in [0.15, 0.2) is 0 Å². The smallest absolute Gasteiger partial charge is 0.315 e. The van der Waals surface area contributed by atoms with Crippen molar-refractivity contribution in [3.8, 4) is 0 Å². The molecule has 0 heterocycles. The molecule has 4 heteroatoms. The average Bonchev–Trinajstić information content (AvgIpc) is 3.15. The van der Waals surface area contributed by atoms with E-state index < -0.39 is 0 Å². The molecule has 4 aliphatic carbocycles. The van der Waals surface area contributed by atoms with Crippen molar-refractivity contribution in [2.45, 2.75) is 118 Å². The van der Waals surface area contributed by atoms with Crippen LogP contribution in [0.25, 0.3) is 0 Å². The van der Waals surface area contributed by atoms with Crippen LogP contribution in [-0.2, 0) is 0 Å². The number of nitrogens with one attached hydrogen (secondary N) is 2. The van der Waals surface area contributed by atoms with Crippen molar-refractivity contribution in [2.24, 2.45) is 52.3 Å². The van der Waals surface area contributed by atoms with Crippen molar-refractivity contribution < 1.29 is 4.79 Å². The number of carbonyl (C=O) groups excluding carboxylic acids is 1. The molecule has 3 nitrogen and oxygen atoms in total. The van der Waals surface area contributed by atoms with Crippen molar-refractivity contribution in [3.63, 3.8) is 0 Å². The summed E-state index contributed by atoms with van der Waals surface area (Å²) in [6.45, 7) is 13.2. The second-order valence-electron chi connectivity index (χ2n) is 13.7. The Hall–Kier alpha value is -0.440. The highest BCUT2D eigenvalue weighted by Gasteiger charge is 2.60. The summed E-state index contributed by atoms with van der Waals surface area (Å²) in [6.07, 6.45) is 16.5. The van der Waals surface area contributed by atoms with Gasteiger partial charge in [0.2, 0.25) is 0 Å². The normalized spacial score (nSPS) is 42.4. The Labute approximate surface area is 215 Å². The zero-order chi connectivity index (χ0) is 24.5. The number of carbonyl (C=O) groups is 1.